The fourth-order valence-corrected chi connectivity index (χ4v) is 4.73. The molecule has 1 aromatic heterocycles. The van der Waals surface area contributed by atoms with Crippen molar-refractivity contribution in [3.8, 4) is 0 Å². The van der Waals surface area contributed by atoms with Crippen LogP contribution in [0.25, 0.3) is 0 Å². The zero-order valence-corrected chi connectivity index (χ0v) is 19.5. The number of hydrogen-bond donors (Lipinski definition) is 2. The fraction of sp³-hybridized carbons (Fsp3) is 0.800. The third-order valence-electron chi connectivity index (χ3n) is 6.54. The van der Waals surface area contributed by atoms with Crippen LogP contribution in [-0.2, 0) is 9.16 Å². The molecule has 28 heavy (non-hydrogen) atoms. The van der Waals surface area contributed by atoms with E-state index in [1.54, 1.807) is 6.92 Å². The summed E-state index contributed by atoms with van der Waals surface area (Å²) in [4.78, 5) is 26.4. The Morgan fingerprint density at radius 3 is 2.36 bits per heavy atom. The number of H-pyrrole nitrogens is 1. The second kappa shape index (κ2) is 7.89. The smallest absolute Gasteiger partial charge is 0.330 e. The molecule has 1 aliphatic rings. The zero-order valence-electron chi connectivity index (χ0n) is 18.5. The lowest BCUT2D eigenvalue weighted by Crippen LogP contribution is -2.52. The maximum Gasteiger partial charge on any atom is 0.330 e. The van der Waals surface area contributed by atoms with Gasteiger partial charge in [0.05, 0.1) is 11.7 Å². The third kappa shape index (κ3) is 4.35. The molecule has 160 valence electrons. The molecule has 8 heteroatoms. The van der Waals surface area contributed by atoms with Crippen molar-refractivity contribution in [2.24, 2.45) is 0 Å². The molecule has 0 aliphatic carbocycles. The van der Waals surface area contributed by atoms with Gasteiger partial charge < -0.3 is 14.3 Å². The quantitative estimate of drug-likeness (QED) is 0.701. The molecule has 2 rings (SSSR count). The number of aliphatic hydroxyl groups is 1. The molecule has 1 aromatic rings. The maximum absolute atomic E-state index is 12.4. The van der Waals surface area contributed by atoms with E-state index in [1.807, 2.05) is 13.8 Å². The highest BCUT2D eigenvalue weighted by Gasteiger charge is 2.51. The van der Waals surface area contributed by atoms with Gasteiger partial charge in [-0.25, -0.2) is 4.79 Å². The summed E-state index contributed by atoms with van der Waals surface area (Å²) >= 11 is 0. The summed E-state index contributed by atoms with van der Waals surface area (Å²) in [5, 5.41) is 11.2. The van der Waals surface area contributed by atoms with E-state index < -0.39 is 37.5 Å². The van der Waals surface area contributed by atoms with Gasteiger partial charge in [-0.2, -0.15) is 0 Å². The van der Waals surface area contributed by atoms with Crippen LogP contribution in [0.2, 0.25) is 18.1 Å². The van der Waals surface area contributed by atoms with E-state index in [1.165, 1.54) is 10.8 Å². The van der Waals surface area contributed by atoms with E-state index in [9.17, 15) is 14.7 Å². The van der Waals surface area contributed by atoms with Gasteiger partial charge in [0.15, 0.2) is 8.32 Å². The molecule has 3 atom stereocenters. The van der Waals surface area contributed by atoms with Crippen molar-refractivity contribution in [2.45, 2.75) is 103 Å². The van der Waals surface area contributed by atoms with E-state index in [4.69, 9.17) is 9.16 Å². The summed E-state index contributed by atoms with van der Waals surface area (Å²) in [6, 6.07) is 0. The van der Waals surface area contributed by atoms with Gasteiger partial charge in [0.1, 0.15) is 12.3 Å². The second-order valence-electron chi connectivity index (χ2n) is 9.45. The first-order chi connectivity index (χ1) is 12.8. The Balaban J connectivity index is 2.44. The lowest BCUT2D eigenvalue weighted by molar-refractivity contribution is -0.141. The van der Waals surface area contributed by atoms with E-state index in [0.717, 1.165) is 0 Å². The molecule has 0 aromatic carbocycles. The minimum absolute atomic E-state index is 0.0115. The van der Waals surface area contributed by atoms with Crippen LogP contribution in [0, 0.1) is 6.92 Å². The minimum atomic E-state index is -2.12. The molecule has 2 N–H and O–H groups in total. The Morgan fingerprint density at radius 1 is 1.29 bits per heavy atom. The van der Waals surface area contributed by atoms with Crippen LogP contribution in [-0.4, -0.2) is 40.8 Å². The van der Waals surface area contributed by atoms with E-state index in [-0.39, 0.29) is 11.1 Å². The van der Waals surface area contributed by atoms with Crippen LogP contribution in [0.15, 0.2) is 15.8 Å². The summed E-state index contributed by atoms with van der Waals surface area (Å²) < 4.78 is 14.3. The number of aromatic nitrogens is 2. The molecule has 0 bridgehead atoms. The molecule has 7 nitrogen and oxygen atoms in total. The van der Waals surface area contributed by atoms with Gasteiger partial charge >= 0.3 is 5.69 Å². The van der Waals surface area contributed by atoms with Crippen LogP contribution < -0.4 is 11.2 Å². The summed E-state index contributed by atoms with van der Waals surface area (Å²) in [6.45, 7) is 16.4. The molecule has 0 saturated carbocycles. The lowest BCUT2D eigenvalue weighted by atomic mass is 9.87. The Hall–Kier alpha value is -1.22. The van der Waals surface area contributed by atoms with E-state index in [0.29, 0.717) is 24.8 Å². The SMILES string of the molecule is CCC(O)(CC)[C@H]1O[C@@H](n2cc(C)c(=O)[nH]c2=O)CC1O[Si](C)(C)C(C)(C)C. The summed E-state index contributed by atoms with van der Waals surface area (Å²) in [5.41, 5.74) is -1.51. The molecule has 1 aliphatic heterocycles. The van der Waals surface area contributed by atoms with Gasteiger partial charge in [-0.05, 0) is 37.9 Å². The van der Waals surface area contributed by atoms with Gasteiger partial charge in [-0.1, -0.05) is 34.6 Å². The molecule has 1 saturated heterocycles. The van der Waals surface area contributed by atoms with Crippen molar-refractivity contribution in [3.63, 3.8) is 0 Å². The lowest BCUT2D eigenvalue weighted by Gasteiger charge is -2.42. The van der Waals surface area contributed by atoms with Crippen LogP contribution >= 0.6 is 0 Å². The fourth-order valence-electron chi connectivity index (χ4n) is 3.40. The third-order valence-corrected chi connectivity index (χ3v) is 11.0. The van der Waals surface area contributed by atoms with Crippen molar-refractivity contribution in [3.05, 3.63) is 32.6 Å². The Kier molecular flexibility index (Phi) is 6.50. The average molecular weight is 413 g/mol. The Labute approximate surface area is 168 Å². The number of nitrogens with one attached hydrogen (secondary N) is 1. The average Bonchev–Trinajstić information content (AvgIpc) is 2.99. The molecule has 0 spiro atoms. The first-order valence-corrected chi connectivity index (χ1v) is 13.0. The number of hydrogen-bond acceptors (Lipinski definition) is 5. The summed E-state index contributed by atoms with van der Waals surface area (Å²) in [6.07, 6.45) is 1.57. The molecule has 1 unspecified atom stereocenters. The van der Waals surface area contributed by atoms with E-state index in [2.05, 4.69) is 38.8 Å². The zero-order chi connectivity index (χ0) is 21.5. The molecule has 2 heterocycles. The Bertz CT molecular complexity index is 804. The summed E-state index contributed by atoms with van der Waals surface area (Å²) in [7, 11) is -2.12. The number of ether oxygens (including phenoxy) is 1. The highest BCUT2D eigenvalue weighted by atomic mass is 28.4. The van der Waals surface area contributed by atoms with Crippen molar-refractivity contribution in [2.75, 3.05) is 0 Å². The first-order valence-electron chi connectivity index (χ1n) is 10.1. The van der Waals surface area contributed by atoms with E-state index >= 15 is 0 Å². The van der Waals surface area contributed by atoms with Gasteiger partial charge in [0.2, 0.25) is 0 Å². The largest absolute Gasteiger partial charge is 0.411 e. The molecular weight excluding hydrogens is 376 g/mol. The first kappa shape index (κ1) is 23.1. The number of aromatic amines is 1. The molecule has 1 fully saturated rings. The van der Waals surface area contributed by atoms with Crippen LogP contribution in [0.4, 0.5) is 0 Å². The number of nitrogens with zero attached hydrogens (tertiary/aromatic N) is 1. The Morgan fingerprint density at radius 2 is 1.86 bits per heavy atom. The van der Waals surface area contributed by atoms with Gasteiger partial charge in [0, 0.05) is 18.2 Å². The van der Waals surface area contributed by atoms with Crippen molar-refractivity contribution < 1.29 is 14.3 Å². The van der Waals surface area contributed by atoms with Crippen LogP contribution in [0.5, 0.6) is 0 Å². The van der Waals surface area contributed by atoms with Crippen molar-refractivity contribution in [1.29, 1.82) is 0 Å². The highest BCUT2D eigenvalue weighted by Crippen LogP contribution is 2.44. The predicted molar refractivity (Wildman–Crippen MR) is 112 cm³/mol. The monoisotopic (exact) mass is 412 g/mol. The van der Waals surface area contributed by atoms with Gasteiger partial charge in [-0.3, -0.25) is 14.3 Å². The van der Waals surface area contributed by atoms with Crippen LogP contribution in [0.1, 0.15) is 65.7 Å². The second-order valence-corrected chi connectivity index (χ2v) is 14.2. The van der Waals surface area contributed by atoms with Crippen molar-refractivity contribution in [1.82, 2.24) is 9.55 Å². The molecule has 0 amide bonds. The van der Waals surface area contributed by atoms with Crippen molar-refractivity contribution >= 4 is 8.32 Å². The predicted octanol–water partition coefficient (Wildman–Crippen LogP) is 3.07. The normalized spacial score (nSPS) is 24.0. The highest BCUT2D eigenvalue weighted by molar-refractivity contribution is 6.74. The number of aryl methyl sites for hydroxylation is 1. The minimum Gasteiger partial charge on any atom is -0.411 e. The van der Waals surface area contributed by atoms with Crippen LogP contribution in [0.3, 0.4) is 0 Å². The molecular formula is C20H36N2O5Si. The molecule has 0 radical (unpaired) electrons. The van der Waals surface area contributed by atoms with Gasteiger partial charge in [-0.15, -0.1) is 0 Å². The topological polar surface area (TPSA) is 93.5 Å². The maximum atomic E-state index is 12.4. The standard InChI is InChI=1S/C20H36N2O5Si/c1-9-20(25,10-2)16-14(27-28(7,8)19(4,5)6)11-15(26-16)22-12-13(3)17(23)21-18(22)24/h12,14-16,25H,9-11H2,1-8H3,(H,21,23,24)/t14?,15-,16+/m1/s1. The number of rotatable bonds is 6. The summed E-state index contributed by atoms with van der Waals surface area (Å²) in [5.74, 6) is 0. The van der Waals surface area contributed by atoms with Gasteiger partial charge in [0.25, 0.3) is 5.56 Å².